The fourth-order valence-corrected chi connectivity index (χ4v) is 3.05. The lowest BCUT2D eigenvalue weighted by Crippen LogP contribution is -1.99. The molecule has 2 rings (SSSR count). The summed E-state index contributed by atoms with van der Waals surface area (Å²) in [5, 5.41) is 4.17. The zero-order valence-electron chi connectivity index (χ0n) is 11.6. The summed E-state index contributed by atoms with van der Waals surface area (Å²) in [5.74, 6) is 1.89. The Balaban J connectivity index is 2.61. The molecule has 0 saturated heterocycles. The number of aromatic nitrogens is 2. The van der Waals surface area contributed by atoms with Gasteiger partial charge >= 0.3 is 0 Å². The van der Waals surface area contributed by atoms with Crippen molar-refractivity contribution >= 4 is 21.7 Å². The van der Waals surface area contributed by atoms with E-state index in [2.05, 4.69) is 40.9 Å². The summed E-state index contributed by atoms with van der Waals surface area (Å²) in [5.41, 5.74) is 9.09. The SMILES string of the molecule is COc1cc(-c2cnn(C)c2N)cc(Br)c1C(C)C. The molecule has 2 aromatic rings. The molecule has 0 bridgehead atoms. The Morgan fingerprint density at radius 2 is 2.05 bits per heavy atom. The van der Waals surface area contributed by atoms with Crippen LogP contribution in [0.1, 0.15) is 25.3 Å². The van der Waals surface area contributed by atoms with Crippen molar-refractivity contribution in [2.24, 2.45) is 7.05 Å². The molecule has 0 aliphatic rings. The largest absolute Gasteiger partial charge is 0.496 e. The van der Waals surface area contributed by atoms with E-state index in [0.717, 1.165) is 26.9 Å². The number of rotatable bonds is 3. The molecule has 1 heterocycles. The van der Waals surface area contributed by atoms with E-state index in [1.165, 1.54) is 0 Å². The molecule has 0 unspecified atom stereocenters. The van der Waals surface area contributed by atoms with E-state index in [9.17, 15) is 0 Å². The lowest BCUT2D eigenvalue weighted by atomic mass is 9.98. The summed E-state index contributed by atoms with van der Waals surface area (Å²) in [6.07, 6.45) is 1.77. The van der Waals surface area contributed by atoms with Crippen LogP contribution in [0.4, 0.5) is 5.82 Å². The maximum Gasteiger partial charge on any atom is 0.129 e. The number of nitrogens with two attached hydrogens (primary N) is 1. The number of ether oxygens (including phenoxy) is 1. The van der Waals surface area contributed by atoms with E-state index >= 15 is 0 Å². The average molecular weight is 324 g/mol. The van der Waals surface area contributed by atoms with Gasteiger partial charge in [-0.3, -0.25) is 4.68 Å². The molecule has 4 nitrogen and oxygen atoms in total. The van der Waals surface area contributed by atoms with Gasteiger partial charge in [0.15, 0.2) is 0 Å². The number of hydrogen-bond donors (Lipinski definition) is 1. The van der Waals surface area contributed by atoms with Gasteiger partial charge in [0.2, 0.25) is 0 Å². The zero-order chi connectivity index (χ0) is 14.2. The molecule has 0 fully saturated rings. The minimum atomic E-state index is 0.379. The van der Waals surface area contributed by atoms with Gasteiger partial charge in [-0.2, -0.15) is 5.10 Å². The van der Waals surface area contributed by atoms with Crippen molar-refractivity contribution in [3.05, 3.63) is 28.4 Å². The predicted octanol–water partition coefficient (Wildman–Crippen LogP) is 3.56. The van der Waals surface area contributed by atoms with Crippen molar-refractivity contribution in [2.75, 3.05) is 12.8 Å². The standard InChI is InChI=1S/C14H18BrN3O/c1-8(2)13-11(15)5-9(6-12(13)19-4)10-7-17-18(3)14(10)16/h5-8H,16H2,1-4H3. The third-order valence-corrected chi connectivity index (χ3v) is 3.84. The van der Waals surface area contributed by atoms with Gasteiger partial charge in [0.05, 0.1) is 13.3 Å². The van der Waals surface area contributed by atoms with E-state index in [0.29, 0.717) is 11.7 Å². The molecule has 19 heavy (non-hydrogen) atoms. The number of benzene rings is 1. The van der Waals surface area contributed by atoms with Gasteiger partial charge in [-0.1, -0.05) is 29.8 Å². The summed E-state index contributed by atoms with van der Waals surface area (Å²) in [6, 6.07) is 4.07. The summed E-state index contributed by atoms with van der Waals surface area (Å²) in [4.78, 5) is 0. The average Bonchev–Trinajstić information content (AvgIpc) is 2.68. The number of aryl methyl sites for hydroxylation is 1. The van der Waals surface area contributed by atoms with Gasteiger partial charge in [-0.15, -0.1) is 0 Å². The van der Waals surface area contributed by atoms with E-state index in [-0.39, 0.29) is 0 Å². The number of methoxy groups -OCH3 is 1. The van der Waals surface area contributed by atoms with Crippen LogP contribution in [-0.2, 0) is 7.05 Å². The van der Waals surface area contributed by atoms with Gasteiger partial charge in [-0.25, -0.2) is 0 Å². The summed E-state index contributed by atoms with van der Waals surface area (Å²) < 4.78 is 8.18. The monoisotopic (exact) mass is 323 g/mol. The van der Waals surface area contributed by atoms with Crippen molar-refractivity contribution in [3.8, 4) is 16.9 Å². The highest BCUT2D eigenvalue weighted by Crippen LogP contribution is 2.38. The van der Waals surface area contributed by atoms with Crippen molar-refractivity contribution < 1.29 is 4.74 Å². The van der Waals surface area contributed by atoms with Crippen LogP contribution >= 0.6 is 15.9 Å². The molecule has 0 saturated carbocycles. The molecule has 0 aliphatic carbocycles. The highest BCUT2D eigenvalue weighted by Gasteiger charge is 2.16. The van der Waals surface area contributed by atoms with Gasteiger partial charge in [0.1, 0.15) is 11.6 Å². The molecule has 5 heteroatoms. The van der Waals surface area contributed by atoms with Crippen molar-refractivity contribution in [2.45, 2.75) is 19.8 Å². The van der Waals surface area contributed by atoms with Crippen LogP contribution in [0.5, 0.6) is 5.75 Å². The Morgan fingerprint density at radius 1 is 1.37 bits per heavy atom. The molecular formula is C14H18BrN3O. The van der Waals surface area contributed by atoms with Crippen LogP contribution in [0.25, 0.3) is 11.1 Å². The molecule has 0 atom stereocenters. The fraction of sp³-hybridized carbons (Fsp3) is 0.357. The molecular weight excluding hydrogens is 306 g/mol. The smallest absolute Gasteiger partial charge is 0.129 e. The molecule has 102 valence electrons. The van der Waals surface area contributed by atoms with Crippen LogP contribution in [0.3, 0.4) is 0 Å². The predicted molar refractivity (Wildman–Crippen MR) is 81.4 cm³/mol. The first-order valence-corrected chi connectivity index (χ1v) is 6.90. The number of halogens is 1. The Bertz CT molecular complexity index is 605. The zero-order valence-corrected chi connectivity index (χ0v) is 13.2. The van der Waals surface area contributed by atoms with Gasteiger partial charge in [-0.05, 0) is 23.6 Å². The summed E-state index contributed by atoms with van der Waals surface area (Å²) in [6.45, 7) is 4.28. The lowest BCUT2D eigenvalue weighted by Gasteiger charge is -2.15. The molecule has 1 aromatic heterocycles. The fourth-order valence-electron chi connectivity index (χ4n) is 2.15. The Morgan fingerprint density at radius 3 is 2.53 bits per heavy atom. The summed E-state index contributed by atoms with van der Waals surface area (Å²) in [7, 11) is 3.51. The normalized spacial score (nSPS) is 11.1. The Labute approximate surface area is 121 Å². The number of anilines is 1. The third-order valence-electron chi connectivity index (χ3n) is 3.18. The van der Waals surface area contributed by atoms with Crippen molar-refractivity contribution in [3.63, 3.8) is 0 Å². The number of hydrogen-bond acceptors (Lipinski definition) is 3. The van der Waals surface area contributed by atoms with Crippen LogP contribution in [0, 0.1) is 0 Å². The Kier molecular flexibility index (Phi) is 3.85. The molecule has 1 aromatic carbocycles. The van der Waals surface area contributed by atoms with Gasteiger partial charge in [0.25, 0.3) is 0 Å². The minimum absolute atomic E-state index is 0.379. The van der Waals surface area contributed by atoms with E-state index < -0.39 is 0 Å². The first kappa shape index (κ1) is 13.9. The Hall–Kier alpha value is -1.49. The van der Waals surface area contributed by atoms with Crippen LogP contribution < -0.4 is 10.5 Å². The highest BCUT2D eigenvalue weighted by atomic mass is 79.9. The molecule has 0 spiro atoms. The van der Waals surface area contributed by atoms with Crippen LogP contribution in [0.2, 0.25) is 0 Å². The molecule has 0 amide bonds. The topological polar surface area (TPSA) is 53.1 Å². The summed E-state index contributed by atoms with van der Waals surface area (Å²) >= 11 is 3.62. The van der Waals surface area contributed by atoms with Crippen molar-refractivity contribution in [1.29, 1.82) is 0 Å². The second-order valence-corrected chi connectivity index (χ2v) is 5.65. The third kappa shape index (κ3) is 2.47. The molecule has 0 radical (unpaired) electrons. The lowest BCUT2D eigenvalue weighted by molar-refractivity contribution is 0.407. The first-order valence-electron chi connectivity index (χ1n) is 6.11. The minimum Gasteiger partial charge on any atom is -0.496 e. The van der Waals surface area contributed by atoms with E-state index in [4.69, 9.17) is 10.5 Å². The molecule has 0 aliphatic heterocycles. The molecule has 2 N–H and O–H groups in total. The maximum atomic E-state index is 6.02. The van der Waals surface area contributed by atoms with Gasteiger partial charge < -0.3 is 10.5 Å². The van der Waals surface area contributed by atoms with Gasteiger partial charge in [0, 0.05) is 22.6 Å². The second-order valence-electron chi connectivity index (χ2n) is 4.80. The maximum absolute atomic E-state index is 6.02. The number of nitrogen functional groups attached to an aromatic ring is 1. The quantitative estimate of drug-likeness (QED) is 0.939. The second kappa shape index (κ2) is 5.25. The van der Waals surface area contributed by atoms with Crippen molar-refractivity contribution in [1.82, 2.24) is 9.78 Å². The van der Waals surface area contributed by atoms with E-state index in [1.54, 1.807) is 18.0 Å². The van der Waals surface area contributed by atoms with E-state index in [1.807, 2.05) is 13.1 Å². The highest BCUT2D eigenvalue weighted by molar-refractivity contribution is 9.10. The first-order chi connectivity index (χ1) is 8.95. The van der Waals surface area contributed by atoms with Crippen LogP contribution in [0.15, 0.2) is 22.8 Å². The number of nitrogens with zero attached hydrogens (tertiary/aromatic N) is 2. The van der Waals surface area contributed by atoms with Crippen LogP contribution in [-0.4, -0.2) is 16.9 Å².